The van der Waals surface area contributed by atoms with Gasteiger partial charge in [0.2, 0.25) is 5.91 Å². The molecule has 2 aromatic rings. The van der Waals surface area contributed by atoms with E-state index >= 15 is 0 Å². The maximum absolute atomic E-state index is 12.5. The monoisotopic (exact) mass is 321 g/mol. The molecule has 0 aromatic heterocycles. The lowest BCUT2D eigenvalue weighted by atomic mass is 9.95. The van der Waals surface area contributed by atoms with Crippen LogP contribution in [0.1, 0.15) is 37.9 Å². The molecule has 2 aromatic carbocycles. The van der Waals surface area contributed by atoms with Crippen LogP contribution in [0.5, 0.6) is 0 Å². The number of anilines is 1. The van der Waals surface area contributed by atoms with Gasteiger partial charge in [0.05, 0.1) is 17.3 Å². The molecule has 24 heavy (non-hydrogen) atoms. The van der Waals surface area contributed by atoms with Crippen molar-refractivity contribution in [3.63, 3.8) is 0 Å². The summed E-state index contributed by atoms with van der Waals surface area (Å²) in [6, 6.07) is 18.9. The number of amides is 1. The third-order valence-corrected chi connectivity index (χ3v) is 3.95. The highest BCUT2D eigenvalue weighted by Crippen LogP contribution is 2.22. The number of nitrogens with one attached hydrogen (secondary N) is 2. The molecule has 0 bridgehead atoms. The van der Waals surface area contributed by atoms with Crippen molar-refractivity contribution in [3.05, 3.63) is 65.7 Å². The molecule has 0 aliphatic heterocycles. The minimum Gasteiger partial charge on any atom is -0.324 e. The van der Waals surface area contributed by atoms with Gasteiger partial charge >= 0.3 is 0 Å². The fraction of sp³-hybridized carbons (Fsp3) is 0.300. The Hall–Kier alpha value is -2.64. The number of rotatable bonds is 6. The molecule has 0 aliphatic carbocycles. The standard InChI is InChI=1S/C20H23N3O/c1-14(2)19(16-9-5-4-6-10-16)22-15(3)20(24)23-18-12-8-7-11-17(18)13-21/h4-12,14-15,19,22H,1-3H3,(H,23,24)/t15-,19-/m1/s1. The predicted octanol–water partition coefficient (Wildman–Crippen LogP) is 3.87. The molecule has 0 spiro atoms. The Morgan fingerprint density at radius 2 is 1.62 bits per heavy atom. The summed E-state index contributed by atoms with van der Waals surface area (Å²) in [5, 5.41) is 15.3. The second kappa shape index (κ2) is 8.28. The van der Waals surface area contributed by atoms with Crippen LogP contribution in [0, 0.1) is 17.2 Å². The highest BCUT2D eigenvalue weighted by atomic mass is 16.2. The fourth-order valence-corrected chi connectivity index (χ4v) is 2.61. The van der Waals surface area contributed by atoms with E-state index in [-0.39, 0.29) is 18.0 Å². The van der Waals surface area contributed by atoms with Crippen LogP contribution in [0.25, 0.3) is 0 Å². The third kappa shape index (κ3) is 4.43. The molecule has 0 unspecified atom stereocenters. The summed E-state index contributed by atoms with van der Waals surface area (Å²) in [7, 11) is 0. The first kappa shape index (κ1) is 17.7. The Labute approximate surface area is 143 Å². The Bertz CT molecular complexity index is 719. The van der Waals surface area contributed by atoms with Crippen molar-refractivity contribution in [3.8, 4) is 6.07 Å². The summed E-state index contributed by atoms with van der Waals surface area (Å²) >= 11 is 0. The van der Waals surface area contributed by atoms with Crippen molar-refractivity contribution in [2.24, 2.45) is 5.92 Å². The van der Waals surface area contributed by atoms with E-state index in [0.29, 0.717) is 17.2 Å². The molecule has 0 saturated carbocycles. The van der Waals surface area contributed by atoms with E-state index < -0.39 is 0 Å². The lowest BCUT2D eigenvalue weighted by Crippen LogP contribution is -2.41. The van der Waals surface area contributed by atoms with Crippen LogP contribution in [-0.2, 0) is 4.79 Å². The lowest BCUT2D eigenvalue weighted by molar-refractivity contribution is -0.118. The predicted molar refractivity (Wildman–Crippen MR) is 96.4 cm³/mol. The number of hydrogen-bond donors (Lipinski definition) is 2. The van der Waals surface area contributed by atoms with Crippen LogP contribution in [0.4, 0.5) is 5.69 Å². The van der Waals surface area contributed by atoms with E-state index in [4.69, 9.17) is 5.26 Å². The molecule has 4 nitrogen and oxygen atoms in total. The SMILES string of the molecule is CC(C)[C@@H](N[C@H](C)C(=O)Nc1ccccc1C#N)c1ccccc1. The summed E-state index contributed by atoms with van der Waals surface area (Å²) in [4.78, 5) is 12.5. The molecule has 0 heterocycles. The smallest absolute Gasteiger partial charge is 0.241 e. The Kier molecular flexibility index (Phi) is 6.11. The second-order valence-electron chi connectivity index (χ2n) is 6.17. The van der Waals surface area contributed by atoms with E-state index in [1.54, 1.807) is 24.3 Å². The highest BCUT2D eigenvalue weighted by Gasteiger charge is 2.22. The van der Waals surface area contributed by atoms with Gasteiger partial charge in [-0.05, 0) is 30.5 Å². The maximum Gasteiger partial charge on any atom is 0.241 e. The van der Waals surface area contributed by atoms with Gasteiger partial charge in [-0.25, -0.2) is 0 Å². The molecule has 2 N–H and O–H groups in total. The molecular weight excluding hydrogens is 298 g/mol. The average molecular weight is 321 g/mol. The van der Waals surface area contributed by atoms with Gasteiger partial charge in [0.25, 0.3) is 0 Å². The van der Waals surface area contributed by atoms with Crippen LogP contribution in [-0.4, -0.2) is 11.9 Å². The first-order valence-electron chi connectivity index (χ1n) is 8.14. The third-order valence-electron chi connectivity index (χ3n) is 3.95. The Balaban J connectivity index is 2.08. The van der Waals surface area contributed by atoms with Crippen molar-refractivity contribution in [2.75, 3.05) is 5.32 Å². The highest BCUT2D eigenvalue weighted by molar-refractivity contribution is 5.95. The first-order valence-corrected chi connectivity index (χ1v) is 8.14. The Morgan fingerprint density at radius 3 is 2.25 bits per heavy atom. The zero-order chi connectivity index (χ0) is 17.5. The molecule has 124 valence electrons. The van der Waals surface area contributed by atoms with Crippen molar-refractivity contribution < 1.29 is 4.79 Å². The van der Waals surface area contributed by atoms with Gasteiger partial charge in [-0.2, -0.15) is 5.26 Å². The summed E-state index contributed by atoms with van der Waals surface area (Å²) in [6.45, 7) is 6.09. The summed E-state index contributed by atoms with van der Waals surface area (Å²) < 4.78 is 0. The lowest BCUT2D eigenvalue weighted by Gasteiger charge is -2.26. The largest absolute Gasteiger partial charge is 0.324 e. The summed E-state index contributed by atoms with van der Waals surface area (Å²) in [6.07, 6.45) is 0. The average Bonchev–Trinajstić information content (AvgIpc) is 2.60. The molecule has 1 amide bonds. The van der Waals surface area contributed by atoms with Gasteiger partial charge in [-0.3, -0.25) is 10.1 Å². The quantitative estimate of drug-likeness (QED) is 0.849. The normalized spacial score (nSPS) is 13.1. The van der Waals surface area contributed by atoms with Gasteiger partial charge in [-0.15, -0.1) is 0 Å². The number of hydrogen-bond acceptors (Lipinski definition) is 3. The Morgan fingerprint density at radius 1 is 1.00 bits per heavy atom. The summed E-state index contributed by atoms with van der Waals surface area (Å²) in [5.41, 5.74) is 2.16. The first-order chi connectivity index (χ1) is 11.5. The number of para-hydroxylation sites is 1. The van der Waals surface area contributed by atoms with Crippen LogP contribution in [0.15, 0.2) is 54.6 Å². The molecule has 0 aliphatic rings. The second-order valence-corrected chi connectivity index (χ2v) is 6.17. The molecule has 2 rings (SSSR count). The van der Waals surface area contributed by atoms with E-state index in [9.17, 15) is 4.79 Å². The minimum atomic E-state index is -0.385. The van der Waals surface area contributed by atoms with E-state index in [1.807, 2.05) is 25.1 Å². The van der Waals surface area contributed by atoms with Crippen LogP contribution in [0.2, 0.25) is 0 Å². The minimum absolute atomic E-state index is 0.0816. The number of benzene rings is 2. The summed E-state index contributed by atoms with van der Waals surface area (Å²) in [5.74, 6) is 0.188. The van der Waals surface area contributed by atoms with Crippen molar-refractivity contribution in [2.45, 2.75) is 32.9 Å². The van der Waals surface area contributed by atoms with Gasteiger partial charge in [0, 0.05) is 6.04 Å². The molecule has 0 fully saturated rings. The van der Waals surface area contributed by atoms with Crippen molar-refractivity contribution in [1.29, 1.82) is 5.26 Å². The zero-order valence-electron chi connectivity index (χ0n) is 14.3. The van der Waals surface area contributed by atoms with Crippen LogP contribution < -0.4 is 10.6 Å². The number of carbonyl (C=O) groups excluding carboxylic acids is 1. The topological polar surface area (TPSA) is 64.9 Å². The van der Waals surface area contributed by atoms with Crippen molar-refractivity contribution in [1.82, 2.24) is 5.32 Å². The van der Waals surface area contributed by atoms with Gasteiger partial charge in [0.1, 0.15) is 6.07 Å². The molecular formula is C20H23N3O. The zero-order valence-corrected chi connectivity index (χ0v) is 14.3. The molecule has 2 atom stereocenters. The van der Waals surface area contributed by atoms with Crippen LogP contribution in [0.3, 0.4) is 0 Å². The van der Waals surface area contributed by atoms with Gasteiger partial charge in [0.15, 0.2) is 0 Å². The van der Waals surface area contributed by atoms with E-state index in [1.165, 1.54) is 0 Å². The van der Waals surface area contributed by atoms with Gasteiger partial charge < -0.3 is 5.32 Å². The fourth-order valence-electron chi connectivity index (χ4n) is 2.61. The molecule has 4 heteroatoms. The van der Waals surface area contributed by atoms with E-state index in [0.717, 1.165) is 5.56 Å². The molecule has 0 radical (unpaired) electrons. The number of nitriles is 1. The number of nitrogens with zero attached hydrogens (tertiary/aromatic N) is 1. The maximum atomic E-state index is 12.5. The van der Waals surface area contributed by atoms with Gasteiger partial charge in [-0.1, -0.05) is 56.3 Å². The number of carbonyl (C=O) groups is 1. The molecule has 0 saturated heterocycles. The van der Waals surface area contributed by atoms with Crippen molar-refractivity contribution >= 4 is 11.6 Å². The van der Waals surface area contributed by atoms with E-state index in [2.05, 4.69) is 42.7 Å². The van der Waals surface area contributed by atoms with Crippen LogP contribution >= 0.6 is 0 Å².